The molecule has 4 N–H and O–H groups in total. The summed E-state index contributed by atoms with van der Waals surface area (Å²) in [5.74, 6) is -0.208. The molecule has 1 amide bonds. The van der Waals surface area contributed by atoms with Crippen LogP contribution in [0.1, 0.15) is 25.7 Å². The highest BCUT2D eigenvalue weighted by Crippen LogP contribution is 2.02. The zero-order valence-corrected chi connectivity index (χ0v) is 8.01. The molecule has 0 spiro atoms. The van der Waals surface area contributed by atoms with Gasteiger partial charge in [0.15, 0.2) is 0 Å². The summed E-state index contributed by atoms with van der Waals surface area (Å²) in [5.41, 5.74) is 5.02. The van der Waals surface area contributed by atoms with Gasteiger partial charge < -0.3 is 16.4 Å². The normalized spacial score (nSPS) is 22.0. The Hall–Kier alpha value is -0.610. The fraction of sp³-hybridized carbons (Fsp3) is 0.889. The molecule has 1 atom stereocenters. The molecule has 0 aliphatic carbocycles. The number of hydrogen-bond donors (Lipinski definition) is 3. The van der Waals surface area contributed by atoms with Gasteiger partial charge in [0.05, 0.1) is 0 Å². The second kappa shape index (κ2) is 5.94. The topological polar surface area (TPSA) is 67.2 Å². The van der Waals surface area contributed by atoms with Crippen LogP contribution in [0.5, 0.6) is 0 Å². The van der Waals surface area contributed by atoms with Crippen molar-refractivity contribution in [2.24, 2.45) is 5.73 Å². The van der Waals surface area contributed by atoms with Gasteiger partial charge in [-0.05, 0) is 32.4 Å². The highest BCUT2D eigenvalue weighted by Gasteiger charge is 2.12. The molecule has 1 aliphatic rings. The van der Waals surface area contributed by atoms with E-state index >= 15 is 0 Å². The van der Waals surface area contributed by atoms with E-state index < -0.39 is 0 Å². The number of primary amides is 1. The summed E-state index contributed by atoms with van der Waals surface area (Å²) < 4.78 is 0. The van der Waals surface area contributed by atoms with E-state index in [9.17, 15) is 4.79 Å². The van der Waals surface area contributed by atoms with Crippen molar-refractivity contribution < 1.29 is 4.79 Å². The maximum absolute atomic E-state index is 10.4. The van der Waals surface area contributed by atoms with Crippen molar-refractivity contribution in [3.63, 3.8) is 0 Å². The first kappa shape index (κ1) is 10.5. The average Bonchev–Trinajstić information content (AvgIpc) is 2.55. The van der Waals surface area contributed by atoms with Crippen LogP contribution in [0.4, 0.5) is 0 Å². The minimum absolute atomic E-state index is 0.208. The van der Waals surface area contributed by atoms with Crippen LogP contribution in [0.25, 0.3) is 0 Å². The van der Waals surface area contributed by atoms with Gasteiger partial charge in [-0.25, -0.2) is 0 Å². The molecule has 13 heavy (non-hydrogen) atoms. The summed E-state index contributed by atoms with van der Waals surface area (Å²) in [4.78, 5) is 10.4. The first-order valence-corrected chi connectivity index (χ1v) is 5.01. The monoisotopic (exact) mass is 185 g/mol. The number of rotatable bonds is 6. The van der Waals surface area contributed by atoms with Crippen LogP contribution in [-0.2, 0) is 4.79 Å². The largest absolute Gasteiger partial charge is 0.370 e. The van der Waals surface area contributed by atoms with Crippen LogP contribution in [0.15, 0.2) is 0 Å². The molecule has 0 radical (unpaired) electrons. The Bertz CT molecular complexity index is 155. The lowest BCUT2D eigenvalue weighted by Crippen LogP contribution is -2.34. The van der Waals surface area contributed by atoms with E-state index in [1.807, 2.05) is 0 Å². The molecule has 1 saturated heterocycles. The minimum Gasteiger partial charge on any atom is -0.370 e. The Balaban J connectivity index is 1.86. The molecule has 1 unspecified atom stereocenters. The lowest BCUT2D eigenvalue weighted by atomic mass is 10.2. The quantitative estimate of drug-likeness (QED) is 0.493. The summed E-state index contributed by atoms with van der Waals surface area (Å²) in [6, 6.07) is 0.633. The molecule has 0 saturated carbocycles. The van der Waals surface area contributed by atoms with E-state index in [1.54, 1.807) is 0 Å². The van der Waals surface area contributed by atoms with Crippen LogP contribution in [-0.4, -0.2) is 31.6 Å². The molecule has 1 rings (SSSR count). The van der Waals surface area contributed by atoms with Gasteiger partial charge in [0.25, 0.3) is 0 Å². The van der Waals surface area contributed by atoms with Crippen LogP contribution >= 0.6 is 0 Å². The van der Waals surface area contributed by atoms with E-state index in [1.165, 1.54) is 12.8 Å². The summed E-state index contributed by atoms with van der Waals surface area (Å²) >= 11 is 0. The third kappa shape index (κ3) is 4.85. The van der Waals surface area contributed by atoms with E-state index in [2.05, 4.69) is 10.6 Å². The van der Waals surface area contributed by atoms with Gasteiger partial charge in [-0.15, -0.1) is 0 Å². The van der Waals surface area contributed by atoms with E-state index in [0.29, 0.717) is 12.5 Å². The average molecular weight is 185 g/mol. The Labute approximate surface area is 79.3 Å². The summed E-state index contributed by atoms with van der Waals surface area (Å²) in [6.45, 7) is 3.05. The van der Waals surface area contributed by atoms with Gasteiger partial charge in [0, 0.05) is 19.0 Å². The number of amides is 1. The van der Waals surface area contributed by atoms with Crippen LogP contribution in [0.3, 0.4) is 0 Å². The molecule has 0 bridgehead atoms. The Morgan fingerprint density at radius 2 is 2.46 bits per heavy atom. The molecule has 0 aromatic heterocycles. The van der Waals surface area contributed by atoms with E-state index in [0.717, 1.165) is 26.1 Å². The zero-order valence-electron chi connectivity index (χ0n) is 8.01. The fourth-order valence-corrected chi connectivity index (χ4v) is 1.59. The predicted molar refractivity (Wildman–Crippen MR) is 52.3 cm³/mol. The van der Waals surface area contributed by atoms with Gasteiger partial charge in [-0.1, -0.05) is 0 Å². The van der Waals surface area contributed by atoms with Crippen molar-refractivity contribution in [1.29, 1.82) is 0 Å². The summed E-state index contributed by atoms with van der Waals surface area (Å²) in [6.07, 6.45) is 3.89. The molecular formula is C9H19N3O. The molecule has 4 nitrogen and oxygen atoms in total. The number of nitrogens with one attached hydrogen (secondary N) is 2. The Morgan fingerprint density at radius 3 is 3.08 bits per heavy atom. The number of hydrogen-bond acceptors (Lipinski definition) is 3. The highest BCUT2D eigenvalue weighted by molar-refractivity contribution is 5.73. The second-order valence-corrected chi connectivity index (χ2v) is 3.57. The lowest BCUT2D eigenvalue weighted by molar-refractivity contribution is -0.118. The van der Waals surface area contributed by atoms with Crippen molar-refractivity contribution in [1.82, 2.24) is 10.6 Å². The standard InChI is InChI=1S/C9H19N3O/c10-9(13)4-2-5-11-7-8-3-1-6-12-8/h8,11-12H,1-7H2,(H2,10,13). The molecule has 76 valence electrons. The molecule has 4 heteroatoms. The Morgan fingerprint density at radius 1 is 1.62 bits per heavy atom. The summed E-state index contributed by atoms with van der Waals surface area (Å²) in [7, 11) is 0. The Kier molecular flexibility index (Phi) is 4.78. The SMILES string of the molecule is NC(=O)CCCNCC1CCCN1. The van der Waals surface area contributed by atoms with Gasteiger partial charge in [-0.2, -0.15) is 0 Å². The van der Waals surface area contributed by atoms with Crippen molar-refractivity contribution in [3.8, 4) is 0 Å². The molecule has 1 fully saturated rings. The molecular weight excluding hydrogens is 166 g/mol. The number of nitrogens with two attached hydrogens (primary N) is 1. The number of carbonyl (C=O) groups excluding carboxylic acids is 1. The number of carbonyl (C=O) groups is 1. The van der Waals surface area contributed by atoms with Crippen molar-refractivity contribution in [2.45, 2.75) is 31.7 Å². The summed E-state index contributed by atoms with van der Waals surface area (Å²) in [5, 5.41) is 6.71. The van der Waals surface area contributed by atoms with Gasteiger partial charge >= 0.3 is 0 Å². The van der Waals surface area contributed by atoms with E-state index in [-0.39, 0.29) is 5.91 Å². The fourth-order valence-electron chi connectivity index (χ4n) is 1.59. The minimum atomic E-state index is -0.208. The maximum atomic E-state index is 10.4. The first-order chi connectivity index (χ1) is 6.29. The second-order valence-electron chi connectivity index (χ2n) is 3.57. The van der Waals surface area contributed by atoms with Gasteiger partial charge in [0.2, 0.25) is 5.91 Å². The first-order valence-electron chi connectivity index (χ1n) is 5.01. The lowest BCUT2D eigenvalue weighted by Gasteiger charge is -2.10. The smallest absolute Gasteiger partial charge is 0.217 e. The molecule has 1 aliphatic heterocycles. The maximum Gasteiger partial charge on any atom is 0.217 e. The highest BCUT2D eigenvalue weighted by atomic mass is 16.1. The van der Waals surface area contributed by atoms with Crippen LogP contribution in [0, 0.1) is 0 Å². The third-order valence-electron chi connectivity index (χ3n) is 2.33. The van der Waals surface area contributed by atoms with Crippen molar-refractivity contribution in [3.05, 3.63) is 0 Å². The zero-order chi connectivity index (χ0) is 9.52. The van der Waals surface area contributed by atoms with Crippen molar-refractivity contribution in [2.75, 3.05) is 19.6 Å². The van der Waals surface area contributed by atoms with Gasteiger partial charge in [-0.3, -0.25) is 4.79 Å². The molecule has 1 heterocycles. The predicted octanol–water partition coefficient (Wildman–Crippen LogP) is -0.406. The van der Waals surface area contributed by atoms with Crippen molar-refractivity contribution >= 4 is 5.91 Å². The third-order valence-corrected chi connectivity index (χ3v) is 2.33. The van der Waals surface area contributed by atoms with Crippen LogP contribution in [0.2, 0.25) is 0 Å². The van der Waals surface area contributed by atoms with Gasteiger partial charge in [0.1, 0.15) is 0 Å². The molecule has 0 aromatic carbocycles. The molecule has 0 aromatic rings. The van der Waals surface area contributed by atoms with E-state index in [4.69, 9.17) is 5.73 Å². The van der Waals surface area contributed by atoms with Crippen LogP contribution < -0.4 is 16.4 Å².